The van der Waals surface area contributed by atoms with Gasteiger partial charge in [0.05, 0.1) is 18.8 Å². The van der Waals surface area contributed by atoms with Crippen LogP contribution in [0.25, 0.3) is 11.3 Å². The van der Waals surface area contributed by atoms with Crippen LogP contribution in [-0.2, 0) is 16.0 Å². The Kier molecular flexibility index (Phi) is 5.38. The van der Waals surface area contributed by atoms with Gasteiger partial charge in [0, 0.05) is 30.3 Å². The molecule has 1 N–H and O–H groups in total. The molecule has 4 rings (SSSR count). The van der Waals surface area contributed by atoms with Crippen molar-refractivity contribution < 1.29 is 14.3 Å². The number of carbonyl (C=O) groups excluding carboxylic acids is 2. The van der Waals surface area contributed by atoms with Crippen LogP contribution in [-0.4, -0.2) is 41.4 Å². The molecule has 27 heavy (non-hydrogen) atoms. The fourth-order valence-corrected chi connectivity index (χ4v) is 4.26. The Bertz CT molecular complexity index is 849. The second-order valence-corrected chi connectivity index (χ2v) is 7.84. The normalized spacial score (nSPS) is 17.0. The first-order valence-electron chi connectivity index (χ1n) is 9.48. The number of rotatable bonds is 4. The van der Waals surface area contributed by atoms with E-state index in [9.17, 15) is 9.59 Å². The molecular formula is C20H23N3O3S. The second kappa shape index (κ2) is 8.08. The molecule has 6 nitrogen and oxygen atoms in total. The first-order chi connectivity index (χ1) is 13.2. The first kappa shape index (κ1) is 18.0. The van der Waals surface area contributed by atoms with Crippen LogP contribution in [0.3, 0.4) is 0 Å². The van der Waals surface area contributed by atoms with Crippen LogP contribution in [0.2, 0.25) is 0 Å². The number of nitrogens with one attached hydrogen (secondary N) is 1. The van der Waals surface area contributed by atoms with Crippen molar-refractivity contribution in [2.75, 3.05) is 25.0 Å². The monoisotopic (exact) mass is 385 g/mol. The minimum absolute atomic E-state index is 0.0741. The van der Waals surface area contributed by atoms with Crippen molar-refractivity contribution in [3.8, 4) is 17.0 Å². The van der Waals surface area contributed by atoms with Crippen LogP contribution >= 0.6 is 11.3 Å². The van der Waals surface area contributed by atoms with Crippen LogP contribution in [0, 0.1) is 0 Å². The van der Waals surface area contributed by atoms with Gasteiger partial charge in [-0.05, 0) is 36.6 Å². The van der Waals surface area contributed by atoms with Gasteiger partial charge in [-0.3, -0.25) is 9.59 Å². The third-order valence-corrected chi connectivity index (χ3v) is 5.75. The summed E-state index contributed by atoms with van der Waals surface area (Å²) in [7, 11) is 0. The molecule has 142 valence electrons. The van der Waals surface area contributed by atoms with E-state index in [2.05, 4.69) is 16.4 Å². The first-order valence-corrected chi connectivity index (χ1v) is 10.4. The Hall–Kier alpha value is -2.41. The van der Waals surface area contributed by atoms with Crippen molar-refractivity contribution in [1.82, 2.24) is 9.88 Å². The van der Waals surface area contributed by atoms with Crippen LogP contribution in [0.4, 0.5) is 5.13 Å². The molecule has 1 fully saturated rings. The Morgan fingerprint density at radius 1 is 1.22 bits per heavy atom. The van der Waals surface area contributed by atoms with Gasteiger partial charge in [0.1, 0.15) is 5.75 Å². The maximum Gasteiger partial charge on any atom is 0.245 e. The standard InChI is InChI=1S/C20H23N3O3S/c24-18(12-23-9-4-2-1-3-5-19(23)25)22-20-21-16(13-27-20)14-6-7-17-15(11-14)8-10-26-17/h6-7,11,13H,1-5,8-10,12H2,(H,21,22,24). The van der Waals surface area contributed by atoms with E-state index >= 15 is 0 Å². The number of hydrogen-bond acceptors (Lipinski definition) is 5. The minimum Gasteiger partial charge on any atom is -0.493 e. The molecule has 2 amide bonds. The van der Waals surface area contributed by atoms with E-state index in [1.807, 2.05) is 17.5 Å². The van der Waals surface area contributed by atoms with Gasteiger partial charge in [-0.15, -0.1) is 11.3 Å². The number of amides is 2. The number of carbonyl (C=O) groups is 2. The molecule has 0 spiro atoms. The summed E-state index contributed by atoms with van der Waals surface area (Å²) in [6, 6.07) is 6.06. The summed E-state index contributed by atoms with van der Waals surface area (Å²) in [6.45, 7) is 1.49. The predicted molar refractivity (Wildman–Crippen MR) is 105 cm³/mol. The lowest BCUT2D eigenvalue weighted by Crippen LogP contribution is -2.39. The summed E-state index contributed by atoms with van der Waals surface area (Å²) >= 11 is 1.40. The van der Waals surface area contributed by atoms with E-state index in [1.165, 1.54) is 16.9 Å². The maximum atomic E-state index is 12.4. The minimum atomic E-state index is -0.188. The Morgan fingerprint density at radius 2 is 2.11 bits per heavy atom. The lowest BCUT2D eigenvalue weighted by molar-refractivity contribution is -0.135. The molecule has 0 aliphatic carbocycles. The molecule has 2 aromatic rings. The van der Waals surface area contributed by atoms with Crippen LogP contribution < -0.4 is 10.1 Å². The lowest BCUT2D eigenvalue weighted by Gasteiger charge is -2.23. The SMILES string of the molecule is O=C(CN1CCCCCCC1=O)Nc1nc(-c2ccc3c(c2)CCO3)cs1. The van der Waals surface area contributed by atoms with Gasteiger partial charge in [0.25, 0.3) is 0 Å². The highest BCUT2D eigenvalue weighted by Gasteiger charge is 2.19. The number of anilines is 1. The van der Waals surface area contributed by atoms with Gasteiger partial charge in [-0.1, -0.05) is 12.8 Å². The Morgan fingerprint density at radius 3 is 3.04 bits per heavy atom. The zero-order chi connectivity index (χ0) is 18.6. The van der Waals surface area contributed by atoms with E-state index in [0.29, 0.717) is 18.1 Å². The lowest BCUT2D eigenvalue weighted by atomic mass is 10.1. The molecule has 1 aromatic heterocycles. The van der Waals surface area contributed by atoms with Crippen molar-refractivity contribution in [3.63, 3.8) is 0 Å². The van der Waals surface area contributed by atoms with Crippen LogP contribution in [0.15, 0.2) is 23.6 Å². The average molecular weight is 385 g/mol. The van der Waals surface area contributed by atoms with Gasteiger partial charge >= 0.3 is 0 Å². The van der Waals surface area contributed by atoms with Gasteiger partial charge in [-0.2, -0.15) is 0 Å². The molecule has 1 saturated heterocycles. The Labute approximate surface area is 162 Å². The number of ether oxygens (including phenoxy) is 1. The average Bonchev–Trinajstić information content (AvgIpc) is 3.30. The fourth-order valence-electron chi connectivity index (χ4n) is 3.52. The van der Waals surface area contributed by atoms with Gasteiger partial charge < -0.3 is 15.0 Å². The smallest absolute Gasteiger partial charge is 0.245 e. The van der Waals surface area contributed by atoms with Gasteiger partial charge in [0.15, 0.2) is 5.13 Å². The highest BCUT2D eigenvalue weighted by Crippen LogP contribution is 2.31. The molecule has 0 atom stereocenters. The third-order valence-electron chi connectivity index (χ3n) is 4.99. The van der Waals surface area contributed by atoms with E-state index in [1.54, 1.807) is 4.90 Å². The third kappa shape index (κ3) is 4.30. The molecule has 0 saturated carbocycles. The largest absolute Gasteiger partial charge is 0.493 e. The van der Waals surface area contributed by atoms with E-state index in [4.69, 9.17) is 4.74 Å². The maximum absolute atomic E-state index is 12.4. The number of fused-ring (bicyclic) bond motifs is 1. The molecule has 2 aliphatic heterocycles. The summed E-state index contributed by atoms with van der Waals surface area (Å²) in [5.74, 6) is 0.831. The van der Waals surface area contributed by atoms with Crippen molar-refractivity contribution in [2.45, 2.75) is 38.5 Å². The topological polar surface area (TPSA) is 71.5 Å². The van der Waals surface area contributed by atoms with E-state index < -0.39 is 0 Å². The van der Waals surface area contributed by atoms with Crippen molar-refractivity contribution in [2.24, 2.45) is 0 Å². The summed E-state index contributed by atoms with van der Waals surface area (Å²) < 4.78 is 5.54. The Balaban J connectivity index is 1.38. The number of hydrogen-bond donors (Lipinski definition) is 1. The molecule has 7 heteroatoms. The van der Waals surface area contributed by atoms with E-state index in [-0.39, 0.29) is 18.4 Å². The summed E-state index contributed by atoms with van der Waals surface area (Å²) in [5, 5.41) is 5.34. The van der Waals surface area contributed by atoms with Crippen molar-refractivity contribution in [3.05, 3.63) is 29.1 Å². The quantitative estimate of drug-likeness (QED) is 0.875. The molecule has 2 aliphatic rings. The number of likely N-dealkylation sites (tertiary alicyclic amines) is 1. The summed E-state index contributed by atoms with van der Waals surface area (Å²) in [5.41, 5.74) is 3.06. The zero-order valence-electron chi connectivity index (χ0n) is 15.2. The number of aromatic nitrogens is 1. The molecular weight excluding hydrogens is 362 g/mol. The van der Waals surface area contributed by atoms with Gasteiger partial charge in [0.2, 0.25) is 11.8 Å². The zero-order valence-corrected chi connectivity index (χ0v) is 16.0. The summed E-state index contributed by atoms with van der Waals surface area (Å²) in [4.78, 5) is 30.7. The molecule has 0 unspecified atom stereocenters. The van der Waals surface area contributed by atoms with E-state index in [0.717, 1.165) is 55.7 Å². The fraction of sp³-hybridized carbons (Fsp3) is 0.450. The number of nitrogens with zero attached hydrogens (tertiary/aromatic N) is 2. The summed E-state index contributed by atoms with van der Waals surface area (Å²) in [6.07, 6.45) is 5.55. The van der Waals surface area contributed by atoms with Crippen LogP contribution in [0.1, 0.15) is 37.7 Å². The number of thiazole rings is 1. The highest BCUT2D eigenvalue weighted by atomic mass is 32.1. The van der Waals surface area contributed by atoms with Gasteiger partial charge in [-0.25, -0.2) is 4.98 Å². The molecule has 3 heterocycles. The predicted octanol–water partition coefficient (Wildman–Crippen LogP) is 3.48. The molecule has 0 radical (unpaired) electrons. The van der Waals surface area contributed by atoms with Crippen molar-refractivity contribution >= 4 is 28.3 Å². The second-order valence-electron chi connectivity index (χ2n) is 6.99. The highest BCUT2D eigenvalue weighted by molar-refractivity contribution is 7.14. The van der Waals surface area contributed by atoms with Crippen molar-refractivity contribution in [1.29, 1.82) is 0 Å². The van der Waals surface area contributed by atoms with Crippen LogP contribution in [0.5, 0.6) is 5.75 Å². The number of benzene rings is 1. The molecule has 0 bridgehead atoms. The molecule has 1 aromatic carbocycles.